The summed E-state index contributed by atoms with van der Waals surface area (Å²) in [5, 5.41) is 8.57. The lowest BCUT2D eigenvalue weighted by Gasteiger charge is -2.38. The molecule has 2 atom stereocenters. The van der Waals surface area contributed by atoms with Crippen LogP contribution in [0.4, 0.5) is 0 Å². The molecule has 2 fully saturated rings. The molecule has 0 spiro atoms. The Hall–Kier alpha value is -2.57. The fourth-order valence-electron chi connectivity index (χ4n) is 4.42. The van der Waals surface area contributed by atoms with Gasteiger partial charge in [0, 0.05) is 12.1 Å². The molecule has 1 aromatic carbocycles. The van der Waals surface area contributed by atoms with Crippen molar-refractivity contribution >= 4 is 5.91 Å². The van der Waals surface area contributed by atoms with E-state index in [0.29, 0.717) is 24.0 Å². The second kappa shape index (κ2) is 6.97. The maximum absolute atomic E-state index is 13.0. The molecule has 7 nitrogen and oxygen atoms in total. The van der Waals surface area contributed by atoms with Gasteiger partial charge in [-0.3, -0.25) is 4.79 Å². The number of nitrogens with zero attached hydrogens (tertiary/aromatic N) is 4. The summed E-state index contributed by atoms with van der Waals surface area (Å²) in [5.41, 5.74) is 0.947. The van der Waals surface area contributed by atoms with E-state index in [1.165, 1.54) is 0 Å². The molecule has 138 valence electrons. The fourth-order valence-corrected chi connectivity index (χ4v) is 4.42. The summed E-state index contributed by atoms with van der Waals surface area (Å²) in [7, 11) is 3.22. The van der Waals surface area contributed by atoms with Crippen molar-refractivity contribution in [2.45, 2.75) is 50.2 Å². The minimum atomic E-state index is 0.191. The number of amides is 1. The van der Waals surface area contributed by atoms with E-state index in [0.717, 1.165) is 31.2 Å². The first-order chi connectivity index (χ1) is 12.7. The summed E-state index contributed by atoms with van der Waals surface area (Å²) >= 11 is 0. The molecule has 2 saturated heterocycles. The van der Waals surface area contributed by atoms with Crippen molar-refractivity contribution in [3.8, 4) is 11.5 Å². The van der Waals surface area contributed by atoms with Gasteiger partial charge in [0.1, 0.15) is 0 Å². The lowest BCUT2D eigenvalue weighted by Crippen LogP contribution is -2.47. The predicted octanol–water partition coefficient (Wildman–Crippen LogP) is 2.23. The van der Waals surface area contributed by atoms with Crippen molar-refractivity contribution < 1.29 is 14.3 Å². The van der Waals surface area contributed by atoms with Gasteiger partial charge >= 0.3 is 0 Å². The largest absolute Gasteiger partial charge is 0.493 e. The summed E-state index contributed by atoms with van der Waals surface area (Å²) in [6.45, 7) is 0. The van der Waals surface area contributed by atoms with Gasteiger partial charge in [0.05, 0.1) is 39.1 Å². The minimum Gasteiger partial charge on any atom is -0.493 e. The zero-order valence-corrected chi connectivity index (χ0v) is 15.2. The number of rotatable bonds is 5. The first-order valence-corrected chi connectivity index (χ1v) is 9.07. The molecule has 2 aliphatic rings. The summed E-state index contributed by atoms with van der Waals surface area (Å²) in [4.78, 5) is 16.9. The van der Waals surface area contributed by atoms with Gasteiger partial charge in [0.15, 0.2) is 11.5 Å². The van der Waals surface area contributed by atoms with Crippen LogP contribution in [0.25, 0.3) is 0 Å². The number of methoxy groups -OCH3 is 2. The number of aromatic nitrogens is 3. The van der Waals surface area contributed by atoms with Gasteiger partial charge in [-0.2, -0.15) is 15.0 Å². The van der Waals surface area contributed by atoms with E-state index in [4.69, 9.17) is 9.47 Å². The first kappa shape index (κ1) is 16.9. The van der Waals surface area contributed by atoms with Crippen molar-refractivity contribution in [1.29, 1.82) is 0 Å². The smallest absolute Gasteiger partial charge is 0.227 e. The molecule has 0 saturated carbocycles. The highest BCUT2D eigenvalue weighted by Crippen LogP contribution is 2.40. The van der Waals surface area contributed by atoms with Crippen LogP contribution in [0.15, 0.2) is 30.6 Å². The van der Waals surface area contributed by atoms with E-state index in [1.54, 1.807) is 26.6 Å². The number of piperidine rings is 1. The molecule has 2 aliphatic heterocycles. The van der Waals surface area contributed by atoms with Gasteiger partial charge in [-0.15, -0.1) is 0 Å². The van der Waals surface area contributed by atoms with E-state index in [1.807, 2.05) is 23.0 Å². The van der Waals surface area contributed by atoms with Crippen LogP contribution in [-0.4, -0.2) is 52.1 Å². The summed E-state index contributed by atoms with van der Waals surface area (Å²) in [6.07, 6.45) is 7.83. The molecular formula is C19H24N4O3. The number of hydrogen-bond donors (Lipinski definition) is 0. The van der Waals surface area contributed by atoms with Crippen molar-refractivity contribution in [2.24, 2.45) is 0 Å². The zero-order chi connectivity index (χ0) is 18.1. The van der Waals surface area contributed by atoms with Crippen LogP contribution < -0.4 is 9.47 Å². The lowest BCUT2D eigenvalue weighted by molar-refractivity contribution is -0.135. The Morgan fingerprint density at radius 1 is 1.04 bits per heavy atom. The van der Waals surface area contributed by atoms with Crippen LogP contribution in [-0.2, 0) is 11.2 Å². The highest BCUT2D eigenvalue weighted by Gasteiger charge is 2.44. The van der Waals surface area contributed by atoms with E-state index in [2.05, 4.69) is 15.1 Å². The van der Waals surface area contributed by atoms with Gasteiger partial charge in [0.2, 0.25) is 5.91 Å². The summed E-state index contributed by atoms with van der Waals surface area (Å²) < 4.78 is 10.6. The Balaban J connectivity index is 1.46. The Morgan fingerprint density at radius 2 is 1.69 bits per heavy atom. The number of carbonyl (C=O) groups excluding carboxylic acids is 1. The van der Waals surface area contributed by atoms with Gasteiger partial charge in [-0.1, -0.05) is 6.07 Å². The van der Waals surface area contributed by atoms with E-state index in [-0.39, 0.29) is 18.0 Å². The third kappa shape index (κ3) is 3.02. The Labute approximate surface area is 152 Å². The van der Waals surface area contributed by atoms with E-state index < -0.39 is 0 Å². The average molecular weight is 356 g/mol. The highest BCUT2D eigenvalue weighted by molar-refractivity contribution is 5.80. The van der Waals surface area contributed by atoms with Crippen LogP contribution >= 0.6 is 0 Å². The predicted molar refractivity (Wildman–Crippen MR) is 95.2 cm³/mol. The van der Waals surface area contributed by atoms with E-state index in [9.17, 15) is 4.79 Å². The van der Waals surface area contributed by atoms with Crippen molar-refractivity contribution in [3.63, 3.8) is 0 Å². The van der Waals surface area contributed by atoms with Crippen LogP contribution in [0, 0.1) is 0 Å². The quantitative estimate of drug-likeness (QED) is 0.822. The van der Waals surface area contributed by atoms with Crippen LogP contribution in [0.5, 0.6) is 11.5 Å². The zero-order valence-electron chi connectivity index (χ0n) is 15.2. The Bertz CT molecular complexity index is 763. The number of ether oxygens (including phenoxy) is 2. The minimum absolute atomic E-state index is 0.191. The monoisotopic (exact) mass is 356 g/mol. The second-order valence-corrected chi connectivity index (χ2v) is 7.03. The topological polar surface area (TPSA) is 69.5 Å². The molecule has 4 rings (SSSR count). The molecule has 2 bridgehead atoms. The third-order valence-corrected chi connectivity index (χ3v) is 5.56. The maximum Gasteiger partial charge on any atom is 0.227 e. The Kier molecular flexibility index (Phi) is 4.53. The van der Waals surface area contributed by atoms with Crippen molar-refractivity contribution in [1.82, 2.24) is 19.9 Å². The fraction of sp³-hybridized carbons (Fsp3) is 0.526. The van der Waals surface area contributed by atoms with Gasteiger partial charge in [0.25, 0.3) is 0 Å². The van der Waals surface area contributed by atoms with Gasteiger partial charge in [-0.05, 0) is 43.4 Å². The molecule has 26 heavy (non-hydrogen) atoms. The highest BCUT2D eigenvalue weighted by atomic mass is 16.5. The maximum atomic E-state index is 13.0. The summed E-state index contributed by atoms with van der Waals surface area (Å²) in [6, 6.07) is 6.55. The van der Waals surface area contributed by atoms with Gasteiger partial charge in [-0.25, -0.2) is 0 Å². The number of carbonyl (C=O) groups is 1. The van der Waals surface area contributed by atoms with Crippen molar-refractivity contribution in [2.75, 3.05) is 14.2 Å². The Morgan fingerprint density at radius 3 is 2.31 bits per heavy atom. The number of fused-ring (bicyclic) bond motifs is 2. The molecule has 3 heterocycles. The molecule has 0 radical (unpaired) electrons. The molecule has 0 aliphatic carbocycles. The number of benzene rings is 1. The normalized spacial score (nSPS) is 24.5. The average Bonchev–Trinajstić information content (AvgIpc) is 3.28. The molecule has 2 unspecified atom stereocenters. The van der Waals surface area contributed by atoms with Gasteiger partial charge < -0.3 is 14.4 Å². The lowest BCUT2D eigenvalue weighted by atomic mass is 9.96. The summed E-state index contributed by atoms with van der Waals surface area (Å²) in [5.74, 6) is 1.53. The SMILES string of the molecule is COc1ccc(CC(=O)N2C3CCC2CC(n2nccn2)C3)cc1OC. The molecule has 2 aromatic rings. The molecule has 1 aromatic heterocycles. The molecular weight excluding hydrogens is 332 g/mol. The molecule has 1 amide bonds. The second-order valence-electron chi connectivity index (χ2n) is 7.03. The molecule has 0 N–H and O–H groups in total. The molecule has 7 heteroatoms. The van der Waals surface area contributed by atoms with E-state index >= 15 is 0 Å². The first-order valence-electron chi connectivity index (χ1n) is 9.07. The standard InChI is InChI=1S/C19H24N4O3/c1-25-17-6-3-13(9-18(17)26-2)10-19(24)22-14-4-5-15(22)12-16(11-14)23-20-7-8-21-23/h3,6-9,14-16H,4-5,10-12H2,1-2H3. The number of hydrogen-bond acceptors (Lipinski definition) is 5. The van der Waals surface area contributed by atoms with Crippen LogP contribution in [0.3, 0.4) is 0 Å². The van der Waals surface area contributed by atoms with Crippen LogP contribution in [0.1, 0.15) is 37.3 Å². The van der Waals surface area contributed by atoms with Crippen LogP contribution in [0.2, 0.25) is 0 Å². The third-order valence-electron chi connectivity index (χ3n) is 5.56. The van der Waals surface area contributed by atoms with Crippen molar-refractivity contribution in [3.05, 3.63) is 36.2 Å².